The largest absolute Gasteiger partial charge is 0.479 e. The van der Waals surface area contributed by atoms with Gasteiger partial charge in [-0.05, 0) is 43.2 Å². The van der Waals surface area contributed by atoms with Crippen molar-refractivity contribution in [2.75, 3.05) is 17.2 Å². The monoisotopic (exact) mass is 352 g/mol. The lowest BCUT2D eigenvalue weighted by Crippen LogP contribution is -2.26. The summed E-state index contributed by atoms with van der Waals surface area (Å²) < 4.78 is 5.39. The van der Waals surface area contributed by atoms with Gasteiger partial charge in [0.2, 0.25) is 5.91 Å². The molecule has 1 heterocycles. The fraction of sp³-hybridized carbons (Fsp3) is 0.250. The van der Waals surface area contributed by atoms with E-state index in [4.69, 9.17) is 4.74 Å². The second kappa shape index (κ2) is 7.39. The van der Waals surface area contributed by atoms with Crippen LogP contribution < -0.4 is 15.4 Å². The van der Waals surface area contributed by atoms with Gasteiger partial charge in [0, 0.05) is 18.4 Å². The molecule has 0 aliphatic carbocycles. The van der Waals surface area contributed by atoms with Crippen molar-refractivity contribution in [1.29, 1.82) is 0 Å². The first-order valence-corrected chi connectivity index (χ1v) is 8.40. The van der Waals surface area contributed by atoms with Gasteiger partial charge in [0.25, 0.3) is 5.91 Å². The third kappa shape index (κ3) is 3.91. The van der Waals surface area contributed by atoms with Crippen LogP contribution in [0.5, 0.6) is 5.75 Å². The van der Waals surface area contributed by atoms with Gasteiger partial charge >= 0.3 is 0 Å². The summed E-state index contributed by atoms with van der Waals surface area (Å²) >= 11 is 0. The lowest BCUT2D eigenvalue weighted by atomic mass is 10.0. The first-order chi connectivity index (χ1) is 12.4. The Morgan fingerprint density at radius 2 is 1.92 bits per heavy atom. The third-order valence-corrected chi connectivity index (χ3v) is 4.32. The standard InChI is InChI=1S/C20H20N2O4/c1-12-6-7-14(10-13(12)2)17(23)8-9-18(24)21-15-4-3-5-16-20(15)26-11-19(25)22-16/h3-7,10H,8-9,11H2,1-2H3,(H,21,24)(H,22,25). The second-order valence-electron chi connectivity index (χ2n) is 6.29. The van der Waals surface area contributed by atoms with Gasteiger partial charge in [-0.3, -0.25) is 14.4 Å². The Labute approximate surface area is 151 Å². The molecule has 6 heteroatoms. The highest BCUT2D eigenvalue weighted by molar-refractivity contribution is 6.02. The molecule has 26 heavy (non-hydrogen) atoms. The highest BCUT2D eigenvalue weighted by Gasteiger charge is 2.20. The molecular weight excluding hydrogens is 332 g/mol. The number of para-hydroxylation sites is 1. The minimum Gasteiger partial charge on any atom is -0.479 e. The van der Waals surface area contributed by atoms with Crippen LogP contribution in [0.1, 0.15) is 34.3 Å². The van der Waals surface area contributed by atoms with Crippen LogP contribution in [-0.4, -0.2) is 24.2 Å². The Morgan fingerprint density at radius 1 is 1.12 bits per heavy atom. The zero-order valence-electron chi connectivity index (χ0n) is 14.7. The maximum Gasteiger partial charge on any atom is 0.262 e. The average molecular weight is 352 g/mol. The molecule has 1 aliphatic heterocycles. The highest BCUT2D eigenvalue weighted by Crippen LogP contribution is 2.35. The average Bonchev–Trinajstić information content (AvgIpc) is 2.62. The van der Waals surface area contributed by atoms with Gasteiger partial charge in [-0.2, -0.15) is 0 Å². The first kappa shape index (κ1) is 17.7. The smallest absolute Gasteiger partial charge is 0.262 e. The van der Waals surface area contributed by atoms with E-state index in [1.165, 1.54) is 0 Å². The lowest BCUT2D eigenvalue weighted by molar-refractivity contribution is -0.118. The van der Waals surface area contributed by atoms with E-state index < -0.39 is 0 Å². The van der Waals surface area contributed by atoms with Crippen LogP contribution in [0.25, 0.3) is 0 Å². The van der Waals surface area contributed by atoms with Crippen molar-refractivity contribution < 1.29 is 19.1 Å². The SMILES string of the molecule is Cc1ccc(C(=O)CCC(=O)Nc2cccc3c2OCC(=O)N3)cc1C. The van der Waals surface area contributed by atoms with Crippen LogP contribution >= 0.6 is 0 Å². The molecule has 2 amide bonds. The number of hydrogen-bond acceptors (Lipinski definition) is 4. The molecular formula is C20H20N2O4. The normalized spacial score (nSPS) is 12.6. The number of Topliss-reactive ketones (excluding diaryl/α,β-unsaturated/α-hetero) is 1. The zero-order chi connectivity index (χ0) is 18.7. The Kier molecular flexibility index (Phi) is 5.02. The summed E-state index contributed by atoms with van der Waals surface area (Å²) in [6, 6.07) is 10.6. The van der Waals surface area contributed by atoms with E-state index in [1.54, 1.807) is 24.3 Å². The number of nitrogens with one attached hydrogen (secondary N) is 2. The molecule has 0 spiro atoms. The van der Waals surface area contributed by atoms with Gasteiger partial charge in [0.15, 0.2) is 18.1 Å². The number of hydrogen-bond donors (Lipinski definition) is 2. The van der Waals surface area contributed by atoms with E-state index in [-0.39, 0.29) is 37.0 Å². The quantitative estimate of drug-likeness (QED) is 0.809. The number of rotatable bonds is 5. The Balaban J connectivity index is 1.61. The van der Waals surface area contributed by atoms with Crippen LogP contribution in [0.15, 0.2) is 36.4 Å². The molecule has 0 saturated heterocycles. The van der Waals surface area contributed by atoms with Crippen molar-refractivity contribution in [3.8, 4) is 5.75 Å². The molecule has 134 valence electrons. The number of carbonyl (C=O) groups is 3. The van der Waals surface area contributed by atoms with Crippen LogP contribution in [0.3, 0.4) is 0 Å². The van der Waals surface area contributed by atoms with E-state index in [9.17, 15) is 14.4 Å². The molecule has 0 radical (unpaired) electrons. The highest BCUT2D eigenvalue weighted by atomic mass is 16.5. The number of ether oxygens (including phenoxy) is 1. The minimum absolute atomic E-state index is 0.0677. The van der Waals surface area contributed by atoms with Gasteiger partial charge in [0.05, 0.1) is 11.4 Å². The van der Waals surface area contributed by atoms with Gasteiger partial charge in [-0.15, -0.1) is 0 Å². The molecule has 0 aromatic heterocycles. The van der Waals surface area contributed by atoms with Crippen molar-refractivity contribution in [1.82, 2.24) is 0 Å². The first-order valence-electron chi connectivity index (χ1n) is 8.40. The number of fused-ring (bicyclic) bond motifs is 1. The molecule has 3 rings (SSSR count). The number of aryl methyl sites for hydroxylation is 2. The van der Waals surface area contributed by atoms with Crippen LogP contribution in [0.4, 0.5) is 11.4 Å². The minimum atomic E-state index is -0.281. The topological polar surface area (TPSA) is 84.5 Å². The fourth-order valence-electron chi connectivity index (χ4n) is 2.71. The summed E-state index contributed by atoms with van der Waals surface area (Å²) in [5.41, 5.74) is 3.79. The van der Waals surface area contributed by atoms with Gasteiger partial charge < -0.3 is 15.4 Å². The molecule has 0 atom stereocenters. The number of benzene rings is 2. The number of amides is 2. The van der Waals surface area contributed by atoms with Crippen molar-refractivity contribution in [2.24, 2.45) is 0 Å². The molecule has 2 aromatic carbocycles. The fourth-order valence-corrected chi connectivity index (χ4v) is 2.71. The van der Waals surface area contributed by atoms with Crippen molar-refractivity contribution >= 4 is 29.0 Å². The predicted octanol–water partition coefficient (Wildman–Crippen LogP) is 3.24. The Bertz CT molecular complexity index is 889. The lowest BCUT2D eigenvalue weighted by Gasteiger charge is -2.20. The Hall–Kier alpha value is -3.15. The molecule has 1 aliphatic rings. The molecule has 0 unspecified atom stereocenters. The van der Waals surface area contributed by atoms with E-state index in [1.807, 2.05) is 26.0 Å². The van der Waals surface area contributed by atoms with E-state index in [2.05, 4.69) is 10.6 Å². The van der Waals surface area contributed by atoms with Crippen molar-refractivity contribution in [3.63, 3.8) is 0 Å². The number of carbonyl (C=O) groups excluding carboxylic acids is 3. The molecule has 0 fully saturated rings. The predicted molar refractivity (Wildman–Crippen MR) is 98.7 cm³/mol. The van der Waals surface area contributed by atoms with Crippen molar-refractivity contribution in [2.45, 2.75) is 26.7 Å². The van der Waals surface area contributed by atoms with Crippen LogP contribution in [0, 0.1) is 13.8 Å². The maximum atomic E-state index is 12.3. The molecule has 0 saturated carbocycles. The molecule has 2 aromatic rings. The zero-order valence-corrected chi connectivity index (χ0v) is 14.7. The summed E-state index contributed by atoms with van der Waals surface area (Å²) in [7, 11) is 0. The van der Waals surface area contributed by atoms with E-state index >= 15 is 0 Å². The van der Waals surface area contributed by atoms with Crippen molar-refractivity contribution in [3.05, 3.63) is 53.1 Å². The van der Waals surface area contributed by atoms with E-state index in [0.29, 0.717) is 22.7 Å². The second-order valence-corrected chi connectivity index (χ2v) is 6.29. The number of ketones is 1. The summed E-state index contributed by atoms with van der Waals surface area (Å²) in [6.45, 7) is 3.85. The molecule has 6 nitrogen and oxygen atoms in total. The van der Waals surface area contributed by atoms with Gasteiger partial charge in [0.1, 0.15) is 0 Å². The van der Waals surface area contributed by atoms with Gasteiger partial charge in [-0.1, -0.05) is 18.2 Å². The van der Waals surface area contributed by atoms with Crippen LogP contribution in [-0.2, 0) is 9.59 Å². The van der Waals surface area contributed by atoms with Crippen LogP contribution in [0.2, 0.25) is 0 Å². The Morgan fingerprint density at radius 3 is 2.69 bits per heavy atom. The molecule has 2 N–H and O–H groups in total. The summed E-state index contributed by atoms with van der Waals surface area (Å²) in [5, 5.41) is 5.43. The maximum absolute atomic E-state index is 12.3. The van der Waals surface area contributed by atoms with Gasteiger partial charge in [-0.25, -0.2) is 0 Å². The summed E-state index contributed by atoms with van der Waals surface area (Å²) in [6.07, 6.45) is 0.197. The van der Waals surface area contributed by atoms with E-state index in [0.717, 1.165) is 11.1 Å². The number of anilines is 2. The third-order valence-electron chi connectivity index (χ3n) is 4.32. The summed E-state index contributed by atoms with van der Waals surface area (Å²) in [5.74, 6) is -0.154. The molecule has 0 bridgehead atoms. The summed E-state index contributed by atoms with van der Waals surface area (Å²) in [4.78, 5) is 35.9.